The fourth-order valence-electron chi connectivity index (χ4n) is 1.25. The van der Waals surface area contributed by atoms with Crippen molar-refractivity contribution >= 4 is 27.3 Å². The van der Waals surface area contributed by atoms with Gasteiger partial charge in [-0.1, -0.05) is 31.5 Å². The van der Waals surface area contributed by atoms with Crippen LogP contribution in [0.1, 0.15) is 13.8 Å². The van der Waals surface area contributed by atoms with E-state index >= 15 is 0 Å². The van der Waals surface area contributed by atoms with Crippen molar-refractivity contribution in [2.75, 3.05) is 10.5 Å². The third kappa shape index (κ3) is 3.57. The lowest BCUT2D eigenvalue weighted by molar-refractivity contribution is 0.478. The number of phenolic OH excluding ortho intramolecular Hbond substituents is 1. The Hall–Kier alpha value is -0.940. The van der Waals surface area contributed by atoms with Gasteiger partial charge in [0.2, 0.25) is 10.0 Å². The Morgan fingerprint density at radius 3 is 2.62 bits per heavy atom. The molecule has 0 aliphatic carbocycles. The van der Waals surface area contributed by atoms with E-state index in [0.29, 0.717) is 0 Å². The highest BCUT2D eigenvalue weighted by Gasteiger charge is 2.15. The first-order chi connectivity index (χ1) is 7.32. The summed E-state index contributed by atoms with van der Waals surface area (Å²) in [6, 6.07) is 4.51. The van der Waals surface area contributed by atoms with Crippen molar-refractivity contribution in [1.82, 2.24) is 0 Å². The molecular weight excluding hydrogens is 250 g/mol. The van der Waals surface area contributed by atoms with Crippen LogP contribution < -0.4 is 4.72 Å². The van der Waals surface area contributed by atoms with Crippen molar-refractivity contribution in [3.63, 3.8) is 0 Å². The molecule has 0 aliphatic heterocycles. The smallest absolute Gasteiger partial charge is 0.233 e. The summed E-state index contributed by atoms with van der Waals surface area (Å²) < 4.78 is 25.5. The van der Waals surface area contributed by atoms with Crippen LogP contribution in [0.5, 0.6) is 5.75 Å². The van der Waals surface area contributed by atoms with Gasteiger partial charge in [-0.15, -0.1) is 0 Å². The van der Waals surface area contributed by atoms with Gasteiger partial charge >= 0.3 is 0 Å². The fraction of sp³-hybridized carbons (Fsp3) is 0.400. The predicted molar refractivity (Wildman–Crippen MR) is 65.4 cm³/mol. The zero-order valence-electron chi connectivity index (χ0n) is 9.07. The summed E-state index contributed by atoms with van der Waals surface area (Å²) in [5.74, 6) is -0.241. The number of aromatic hydroxyl groups is 1. The number of hydrogen-bond acceptors (Lipinski definition) is 3. The quantitative estimate of drug-likeness (QED) is 0.820. The second kappa shape index (κ2) is 4.93. The maximum Gasteiger partial charge on any atom is 0.233 e. The summed E-state index contributed by atoms with van der Waals surface area (Å²) in [5, 5.41) is 9.65. The van der Waals surface area contributed by atoms with Crippen LogP contribution in [-0.4, -0.2) is 19.3 Å². The molecule has 0 amide bonds. The highest BCUT2D eigenvalue weighted by Crippen LogP contribution is 2.31. The van der Waals surface area contributed by atoms with Gasteiger partial charge in [-0.3, -0.25) is 4.72 Å². The van der Waals surface area contributed by atoms with Crippen LogP contribution in [0.25, 0.3) is 0 Å². The Morgan fingerprint density at radius 2 is 2.06 bits per heavy atom. The number of phenols is 1. The van der Waals surface area contributed by atoms with E-state index in [-0.39, 0.29) is 28.1 Å². The van der Waals surface area contributed by atoms with Gasteiger partial charge in [-0.25, -0.2) is 8.42 Å². The Kier molecular flexibility index (Phi) is 4.04. The van der Waals surface area contributed by atoms with Crippen molar-refractivity contribution in [2.45, 2.75) is 13.8 Å². The van der Waals surface area contributed by atoms with E-state index in [0.717, 1.165) is 0 Å². The van der Waals surface area contributed by atoms with Gasteiger partial charge in [0, 0.05) is 0 Å². The molecule has 0 heterocycles. The van der Waals surface area contributed by atoms with E-state index in [2.05, 4.69) is 4.72 Å². The number of sulfonamides is 1. The zero-order chi connectivity index (χ0) is 12.3. The summed E-state index contributed by atoms with van der Waals surface area (Å²) in [4.78, 5) is 0. The molecule has 0 aromatic heterocycles. The van der Waals surface area contributed by atoms with Gasteiger partial charge in [0.1, 0.15) is 0 Å². The average Bonchev–Trinajstić information content (AvgIpc) is 2.10. The lowest BCUT2D eigenvalue weighted by Crippen LogP contribution is -2.20. The highest BCUT2D eigenvalue weighted by atomic mass is 35.5. The first kappa shape index (κ1) is 13.1. The van der Waals surface area contributed by atoms with E-state index in [1.165, 1.54) is 12.1 Å². The van der Waals surface area contributed by atoms with E-state index in [4.69, 9.17) is 11.6 Å². The van der Waals surface area contributed by atoms with E-state index in [1.54, 1.807) is 19.9 Å². The Bertz CT molecular complexity index is 471. The number of benzene rings is 1. The number of halogens is 1. The predicted octanol–water partition coefficient (Wildman–Crippen LogP) is 2.44. The molecule has 0 saturated heterocycles. The molecule has 0 aliphatic rings. The zero-order valence-corrected chi connectivity index (χ0v) is 10.6. The minimum atomic E-state index is -3.44. The van der Waals surface area contributed by atoms with Crippen molar-refractivity contribution in [2.24, 2.45) is 5.92 Å². The average molecular weight is 264 g/mol. The topological polar surface area (TPSA) is 66.4 Å². The molecule has 1 aromatic carbocycles. The summed E-state index contributed by atoms with van der Waals surface area (Å²) in [6.07, 6.45) is 0. The fourth-order valence-corrected chi connectivity index (χ4v) is 2.88. The van der Waals surface area contributed by atoms with Crippen LogP contribution >= 0.6 is 11.6 Å². The van der Waals surface area contributed by atoms with Crippen LogP contribution in [0.15, 0.2) is 18.2 Å². The summed E-state index contributed by atoms with van der Waals surface area (Å²) >= 11 is 5.66. The molecule has 0 unspecified atom stereocenters. The van der Waals surface area contributed by atoms with Gasteiger partial charge in [-0.2, -0.15) is 0 Å². The van der Waals surface area contributed by atoms with Gasteiger partial charge in [-0.05, 0) is 18.1 Å². The molecule has 0 fully saturated rings. The number of anilines is 1. The lowest BCUT2D eigenvalue weighted by atomic mass is 10.3. The Morgan fingerprint density at radius 1 is 1.44 bits per heavy atom. The molecule has 0 bridgehead atoms. The van der Waals surface area contributed by atoms with Crippen molar-refractivity contribution in [1.29, 1.82) is 0 Å². The first-order valence-corrected chi connectivity index (χ1v) is 6.83. The van der Waals surface area contributed by atoms with Crippen LogP contribution in [0.2, 0.25) is 5.02 Å². The van der Waals surface area contributed by atoms with Gasteiger partial charge in [0.15, 0.2) is 5.75 Å². The molecule has 0 radical (unpaired) electrons. The second-order valence-electron chi connectivity index (χ2n) is 3.91. The highest BCUT2D eigenvalue weighted by molar-refractivity contribution is 7.92. The minimum absolute atomic E-state index is 0.00104. The van der Waals surface area contributed by atoms with Gasteiger partial charge < -0.3 is 5.11 Å². The van der Waals surface area contributed by atoms with Crippen LogP contribution in [-0.2, 0) is 10.0 Å². The third-order valence-corrected chi connectivity index (χ3v) is 3.75. The summed E-state index contributed by atoms with van der Waals surface area (Å²) in [6.45, 7) is 3.61. The molecule has 0 spiro atoms. The minimum Gasteiger partial charge on any atom is -0.504 e. The van der Waals surface area contributed by atoms with Gasteiger partial charge in [0.25, 0.3) is 0 Å². The number of hydrogen-bond donors (Lipinski definition) is 2. The van der Waals surface area contributed by atoms with Crippen LogP contribution in [0.4, 0.5) is 5.69 Å². The molecule has 16 heavy (non-hydrogen) atoms. The maximum absolute atomic E-state index is 11.6. The first-order valence-electron chi connectivity index (χ1n) is 4.80. The van der Waals surface area contributed by atoms with E-state index < -0.39 is 10.0 Å². The molecule has 0 saturated carbocycles. The molecule has 90 valence electrons. The molecule has 1 rings (SSSR count). The standard InChI is InChI=1S/C10H14ClNO3S/c1-7(2)6-16(14,15)12-9-5-3-4-8(11)10(9)13/h3-5,7,12-13H,6H2,1-2H3. The third-order valence-electron chi connectivity index (χ3n) is 1.80. The van der Waals surface area contributed by atoms with Crippen molar-refractivity contribution in [3.8, 4) is 5.75 Å². The SMILES string of the molecule is CC(C)CS(=O)(=O)Nc1cccc(Cl)c1O. The van der Waals surface area contributed by atoms with Crippen LogP contribution in [0, 0.1) is 5.92 Å². The molecule has 2 N–H and O–H groups in total. The monoisotopic (exact) mass is 263 g/mol. The Labute approximate surface area is 100 Å². The van der Waals surface area contributed by atoms with Crippen molar-refractivity contribution in [3.05, 3.63) is 23.2 Å². The largest absolute Gasteiger partial charge is 0.504 e. The second-order valence-corrected chi connectivity index (χ2v) is 6.09. The normalized spacial score (nSPS) is 11.8. The summed E-state index contributed by atoms with van der Waals surface area (Å²) in [7, 11) is -3.44. The van der Waals surface area contributed by atoms with E-state index in [9.17, 15) is 13.5 Å². The molecule has 6 heteroatoms. The Balaban J connectivity index is 2.93. The summed E-state index contributed by atoms with van der Waals surface area (Å²) in [5.41, 5.74) is 0.105. The van der Waals surface area contributed by atoms with Crippen LogP contribution in [0.3, 0.4) is 0 Å². The lowest BCUT2D eigenvalue weighted by Gasteiger charge is -2.11. The number of para-hydroxylation sites is 1. The molecule has 4 nitrogen and oxygen atoms in total. The molecule has 0 atom stereocenters. The molecular formula is C10H14ClNO3S. The van der Waals surface area contributed by atoms with E-state index in [1.807, 2.05) is 0 Å². The number of rotatable bonds is 4. The number of nitrogens with one attached hydrogen (secondary N) is 1. The molecule has 1 aromatic rings. The maximum atomic E-state index is 11.6. The van der Waals surface area contributed by atoms with Crippen molar-refractivity contribution < 1.29 is 13.5 Å². The van der Waals surface area contributed by atoms with Gasteiger partial charge in [0.05, 0.1) is 16.5 Å².